The van der Waals surface area contributed by atoms with Crippen LogP contribution in [0, 0.1) is 11.3 Å². The van der Waals surface area contributed by atoms with E-state index in [9.17, 15) is 8.42 Å². The Balaban J connectivity index is 2.05. The summed E-state index contributed by atoms with van der Waals surface area (Å²) < 4.78 is 29.1. The molecule has 0 spiro atoms. The molecular formula is C13H12N2O3S2. The average Bonchev–Trinajstić information content (AvgIpc) is 3.07. The quantitative estimate of drug-likeness (QED) is 0.829. The van der Waals surface area contributed by atoms with Crippen molar-refractivity contribution < 1.29 is 12.8 Å². The highest BCUT2D eigenvalue weighted by molar-refractivity contribution is 7.94. The first-order chi connectivity index (χ1) is 9.62. The minimum atomic E-state index is -3.69. The fourth-order valence-corrected chi connectivity index (χ4v) is 3.26. The van der Waals surface area contributed by atoms with Gasteiger partial charge in [-0.2, -0.15) is 5.26 Å². The molecular weight excluding hydrogens is 296 g/mol. The van der Waals surface area contributed by atoms with Gasteiger partial charge in [0.1, 0.15) is 17.6 Å². The van der Waals surface area contributed by atoms with E-state index < -0.39 is 9.84 Å². The van der Waals surface area contributed by atoms with Crippen molar-refractivity contribution in [1.82, 2.24) is 5.32 Å². The lowest BCUT2D eigenvalue weighted by Gasteiger charge is -2.02. The van der Waals surface area contributed by atoms with Gasteiger partial charge in [-0.15, -0.1) is 11.3 Å². The number of nitrogens with zero attached hydrogens (tertiary/aromatic N) is 1. The molecule has 0 unspecified atom stereocenters. The standard InChI is InChI=1S/C13H12N2O3S2/c14-7-13(9-15-8-12-4-2-6-19-12)20(16,17)10-11-3-1-5-18-11/h1-6,9,15H,8,10H2. The van der Waals surface area contributed by atoms with Gasteiger partial charge < -0.3 is 9.73 Å². The molecule has 0 amide bonds. The van der Waals surface area contributed by atoms with Gasteiger partial charge in [0.2, 0.25) is 0 Å². The van der Waals surface area contributed by atoms with Crippen LogP contribution in [0.4, 0.5) is 0 Å². The van der Waals surface area contributed by atoms with E-state index in [1.54, 1.807) is 29.5 Å². The number of allylic oxidation sites excluding steroid dienone is 1. The Hall–Kier alpha value is -2.04. The number of rotatable bonds is 6. The molecule has 0 aliphatic carbocycles. The Labute approximate surface area is 121 Å². The lowest BCUT2D eigenvalue weighted by Crippen LogP contribution is -2.11. The van der Waals surface area contributed by atoms with Crippen LogP contribution in [-0.2, 0) is 22.1 Å². The van der Waals surface area contributed by atoms with Crippen LogP contribution < -0.4 is 5.32 Å². The number of hydrogen-bond donors (Lipinski definition) is 1. The van der Waals surface area contributed by atoms with Crippen LogP contribution in [-0.4, -0.2) is 8.42 Å². The van der Waals surface area contributed by atoms with E-state index >= 15 is 0 Å². The highest BCUT2D eigenvalue weighted by Crippen LogP contribution is 2.14. The number of thiophene rings is 1. The largest absolute Gasteiger partial charge is 0.468 e. The molecule has 0 fully saturated rings. The van der Waals surface area contributed by atoms with Gasteiger partial charge in [-0.25, -0.2) is 8.42 Å². The van der Waals surface area contributed by atoms with Crippen LogP contribution in [0.15, 0.2) is 51.4 Å². The second kappa shape index (κ2) is 6.41. The molecule has 5 nitrogen and oxygen atoms in total. The second-order valence-electron chi connectivity index (χ2n) is 3.92. The summed E-state index contributed by atoms with van der Waals surface area (Å²) in [5.41, 5.74) is 0. The third kappa shape index (κ3) is 3.73. The topological polar surface area (TPSA) is 83.1 Å². The van der Waals surface area contributed by atoms with Gasteiger partial charge in [0.25, 0.3) is 0 Å². The van der Waals surface area contributed by atoms with Crippen LogP contribution in [0.1, 0.15) is 10.6 Å². The summed E-state index contributed by atoms with van der Waals surface area (Å²) in [5.74, 6) is -0.00973. The number of hydrogen-bond acceptors (Lipinski definition) is 6. The molecule has 2 aromatic heterocycles. The van der Waals surface area contributed by atoms with Gasteiger partial charge in [0.15, 0.2) is 14.7 Å². The Bertz CT molecular complexity index is 708. The molecule has 0 atom stereocenters. The molecule has 2 aromatic rings. The lowest BCUT2D eigenvalue weighted by atomic mass is 10.5. The van der Waals surface area contributed by atoms with E-state index in [0.29, 0.717) is 12.3 Å². The molecule has 1 N–H and O–H groups in total. The van der Waals surface area contributed by atoms with E-state index in [4.69, 9.17) is 9.68 Å². The zero-order chi connectivity index (χ0) is 14.4. The number of nitriles is 1. The first-order valence-corrected chi connectivity index (χ1v) is 8.26. The summed E-state index contributed by atoms with van der Waals surface area (Å²) >= 11 is 1.55. The monoisotopic (exact) mass is 308 g/mol. The molecule has 7 heteroatoms. The molecule has 2 heterocycles. The van der Waals surface area contributed by atoms with Crippen LogP contribution in [0.5, 0.6) is 0 Å². The zero-order valence-electron chi connectivity index (χ0n) is 10.4. The van der Waals surface area contributed by atoms with Gasteiger partial charge in [0.05, 0.1) is 6.26 Å². The molecule has 0 aliphatic rings. The Morgan fingerprint density at radius 3 is 2.90 bits per heavy atom. The van der Waals surface area contributed by atoms with Gasteiger partial charge in [-0.05, 0) is 23.6 Å². The minimum Gasteiger partial charge on any atom is -0.468 e. The minimum absolute atomic E-state index is 0.301. The maximum absolute atomic E-state index is 12.0. The second-order valence-corrected chi connectivity index (χ2v) is 6.91. The fourth-order valence-electron chi connectivity index (χ4n) is 1.51. The van der Waals surface area contributed by atoms with Crippen molar-refractivity contribution in [2.75, 3.05) is 0 Å². The Morgan fingerprint density at radius 1 is 1.45 bits per heavy atom. The van der Waals surface area contributed by atoms with E-state index in [0.717, 1.165) is 4.88 Å². The molecule has 0 aliphatic heterocycles. The third-order valence-corrected chi connectivity index (χ3v) is 4.87. The molecule has 0 saturated carbocycles. The maximum atomic E-state index is 12.0. The first kappa shape index (κ1) is 14.4. The summed E-state index contributed by atoms with van der Waals surface area (Å²) in [6.45, 7) is 0.485. The van der Waals surface area contributed by atoms with Crippen molar-refractivity contribution >= 4 is 21.2 Å². The molecule has 0 bridgehead atoms. The van der Waals surface area contributed by atoms with Crippen LogP contribution in [0.25, 0.3) is 0 Å². The Morgan fingerprint density at radius 2 is 2.30 bits per heavy atom. The zero-order valence-corrected chi connectivity index (χ0v) is 12.1. The third-order valence-electron chi connectivity index (χ3n) is 2.45. The van der Waals surface area contributed by atoms with E-state index in [-0.39, 0.29) is 10.7 Å². The molecule has 2 rings (SSSR count). The van der Waals surface area contributed by atoms with Crippen molar-refractivity contribution in [1.29, 1.82) is 5.26 Å². The smallest absolute Gasteiger partial charge is 0.197 e. The van der Waals surface area contributed by atoms with Crippen LogP contribution in [0.3, 0.4) is 0 Å². The number of furan rings is 1. The molecule has 20 heavy (non-hydrogen) atoms. The van der Waals surface area contributed by atoms with Crippen LogP contribution in [0.2, 0.25) is 0 Å². The molecule has 104 valence electrons. The predicted molar refractivity (Wildman–Crippen MR) is 76.2 cm³/mol. The number of sulfone groups is 1. The van der Waals surface area contributed by atoms with Gasteiger partial charge in [-0.1, -0.05) is 6.07 Å². The summed E-state index contributed by atoms with van der Waals surface area (Å²) in [4.78, 5) is 0.757. The Kier molecular flexibility index (Phi) is 4.61. The first-order valence-electron chi connectivity index (χ1n) is 5.73. The van der Waals surface area contributed by atoms with Gasteiger partial charge in [0, 0.05) is 17.6 Å². The highest BCUT2D eigenvalue weighted by Gasteiger charge is 2.19. The summed E-state index contributed by atoms with van der Waals surface area (Å²) in [7, 11) is -3.69. The maximum Gasteiger partial charge on any atom is 0.197 e. The SMILES string of the molecule is N#CC(=CNCc1cccs1)S(=O)(=O)Cc1ccco1. The summed E-state index contributed by atoms with van der Waals surface area (Å²) in [5, 5.41) is 13.8. The summed E-state index contributed by atoms with van der Waals surface area (Å²) in [6.07, 6.45) is 2.63. The average molecular weight is 308 g/mol. The fraction of sp³-hybridized carbons (Fsp3) is 0.154. The van der Waals surface area contributed by atoms with Crippen LogP contribution >= 0.6 is 11.3 Å². The van der Waals surface area contributed by atoms with E-state index in [2.05, 4.69) is 5.32 Å². The van der Waals surface area contributed by atoms with Crippen molar-refractivity contribution in [3.63, 3.8) is 0 Å². The molecule has 0 saturated heterocycles. The molecule has 0 radical (unpaired) electrons. The highest BCUT2D eigenvalue weighted by atomic mass is 32.2. The summed E-state index contributed by atoms with van der Waals surface area (Å²) in [6, 6.07) is 8.71. The normalized spacial score (nSPS) is 12.1. The van der Waals surface area contributed by atoms with Crippen molar-refractivity contribution in [2.45, 2.75) is 12.3 Å². The van der Waals surface area contributed by atoms with Gasteiger partial charge >= 0.3 is 0 Å². The van der Waals surface area contributed by atoms with E-state index in [1.165, 1.54) is 12.5 Å². The van der Waals surface area contributed by atoms with Crippen molar-refractivity contribution in [2.24, 2.45) is 0 Å². The predicted octanol–water partition coefficient (Wildman–Crippen LogP) is 2.41. The van der Waals surface area contributed by atoms with Gasteiger partial charge in [-0.3, -0.25) is 0 Å². The van der Waals surface area contributed by atoms with Crippen molar-refractivity contribution in [3.05, 3.63) is 57.7 Å². The molecule has 0 aromatic carbocycles. The van der Waals surface area contributed by atoms with E-state index in [1.807, 2.05) is 17.5 Å². The number of nitrogens with one attached hydrogen (secondary N) is 1. The van der Waals surface area contributed by atoms with Crippen molar-refractivity contribution in [3.8, 4) is 6.07 Å². The lowest BCUT2D eigenvalue weighted by molar-refractivity contribution is 0.522.